The summed E-state index contributed by atoms with van der Waals surface area (Å²) in [5.41, 5.74) is 6.88. The molecule has 2 N–H and O–H groups in total. The normalized spacial score (nSPS) is 13.2. The second kappa shape index (κ2) is 7.03. The molecule has 1 atom stereocenters. The lowest BCUT2D eigenvalue weighted by atomic mass is 10.1. The van der Waals surface area contributed by atoms with Gasteiger partial charge in [0.05, 0.1) is 13.7 Å². The van der Waals surface area contributed by atoms with E-state index in [1.165, 1.54) is 6.08 Å². The van der Waals surface area contributed by atoms with E-state index >= 15 is 0 Å². The molecular formula is C12H16NO4S-. The second-order valence-corrected chi connectivity index (χ2v) is 4.37. The molecule has 0 saturated carbocycles. The molecule has 100 valence electrons. The van der Waals surface area contributed by atoms with E-state index in [1.807, 2.05) is 6.92 Å². The molecule has 0 heterocycles. The van der Waals surface area contributed by atoms with Crippen molar-refractivity contribution < 1.29 is 18.2 Å². The number of hydrogen-bond donors (Lipinski definition) is 1. The predicted octanol–water partition coefficient (Wildman–Crippen LogP) is 1.27. The third-order valence-corrected chi connectivity index (χ3v) is 2.67. The number of nitrogens with two attached hydrogens (primary N) is 1. The van der Waals surface area contributed by atoms with Gasteiger partial charge in [-0.25, -0.2) is 0 Å². The molecule has 0 radical (unpaired) electrons. The summed E-state index contributed by atoms with van der Waals surface area (Å²) in [5.74, 6) is 1.08. The summed E-state index contributed by atoms with van der Waals surface area (Å²) >= 11 is -2.14. The maximum atomic E-state index is 10.5. The van der Waals surface area contributed by atoms with Crippen molar-refractivity contribution in [1.82, 2.24) is 0 Å². The first-order valence-electron chi connectivity index (χ1n) is 5.41. The fraction of sp³-hybridized carbons (Fsp3) is 0.333. The van der Waals surface area contributed by atoms with Crippen LogP contribution in [0, 0.1) is 0 Å². The lowest BCUT2D eigenvalue weighted by molar-refractivity contribution is 0.311. The first kappa shape index (κ1) is 14.5. The summed E-state index contributed by atoms with van der Waals surface area (Å²) in [6.07, 6.45) is 1.45. The lowest BCUT2D eigenvalue weighted by Crippen LogP contribution is -2.02. The van der Waals surface area contributed by atoms with Crippen molar-refractivity contribution in [2.45, 2.75) is 6.92 Å². The molecule has 18 heavy (non-hydrogen) atoms. The zero-order chi connectivity index (χ0) is 13.5. The van der Waals surface area contributed by atoms with Gasteiger partial charge >= 0.3 is 0 Å². The topological polar surface area (TPSA) is 84.6 Å². The van der Waals surface area contributed by atoms with Crippen LogP contribution < -0.4 is 15.2 Å². The molecule has 1 aromatic rings. The van der Waals surface area contributed by atoms with Crippen LogP contribution in [0.1, 0.15) is 12.5 Å². The van der Waals surface area contributed by atoms with Crippen molar-refractivity contribution in [3.63, 3.8) is 0 Å². The number of ether oxygens (including phenoxy) is 2. The Morgan fingerprint density at radius 1 is 1.50 bits per heavy atom. The molecule has 0 fully saturated rings. The molecule has 1 rings (SSSR count). The maximum absolute atomic E-state index is 10.5. The molecule has 1 unspecified atom stereocenters. The Balaban J connectivity index is 2.99. The number of rotatable bonds is 6. The maximum Gasteiger partial charge on any atom is 0.161 e. The Kier molecular flexibility index (Phi) is 5.67. The van der Waals surface area contributed by atoms with Crippen LogP contribution in [0.3, 0.4) is 0 Å². The Bertz CT molecular complexity index is 459. The fourth-order valence-electron chi connectivity index (χ4n) is 1.40. The zero-order valence-corrected chi connectivity index (χ0v) is 11.2. The van der Waals surface area contributed by atoms with Gasteiger partial charge in [-0.2, -0.15) is 0 Å². The summed E-state index contributed by atoms with van der Waals surface area (Å²) < 4.78 is 31.5. The smallest absolute Gasteiger partial charge is 0.161 e. The summed E-state index contributed by atoms with van der Waals surface area (Å²) in [7, 11) is 1.55. The van der Waals surface area contributed by atoms with Gasteiger partial charge in [-0.15, -0.1) is 0 Å². The number of methoxy groups -OCH3 is 1. The average molecular weight is 270 g/mol. The molecule has 0 spiro atoms. The Labute approximate surface area is 109 Å². The van der Waals surface area contributed by atoms with E-state index in [0.717, 1.165) is 0 Å². The van der Waals surface area contributed by atoms with Crippen molar-refractivity contribution in [2.75, 3.05) is 19.5 Å². The van der Waals surface area contributed by atoms with E-state index in [-0.39, 0.29) is 5.75 Å². The van der Waals surface area contributed by atoms with Crippen LogP contribution in [0.5, 0.6) is 11.5 Å². The highest BCUT2D eigenvalue weighted by molar-refractivity contribution is 7.79. The largest absolute Gasteiger partial charge is 0.772 e. The van der Waals surface area contributed by atoms with Crippen LogP contribution in [0.15, 0.2) is 24.3 Å². The van der Waals surface area contributed by atoms with Gasteiger partial charge in [0, 0.05) is 17.0 Å². The average Bonchev–Trinajstić information content (AvgIpc) is 2.36. The Morgan fingerprint density at radius 2 is 2.22 bits per heavy atom. The zero-order valence-electron chi connectivity index (χ0n) is 10.3. The molecule has 0 amide bonds. The van der Waals surface area contributed by atoms with E-state index in [9.17, 15) is 8.76 Å². The van der Waals surface area contributed by atoms with Gasteiger partial charge in [0.2, 0.25) is 0 Å². The van der Waals surface area contributed by atoms with E-state index < -0.39 is 11.1 Å². The highest BCUT2D eigenvalue weighted by atomic mass is 32.2. The molecule has 0 aliphatic carbocycles. The van der Waals surface area contributed by atoms with Crippen LogP contribution in [0.2, 0.25) is 0 Å². The van der Waals surface area contributed by atoms with E-state index in [4.69, 9.17) is 15.2 Å². The van der Waals surface area contributed by atoms with Crippen LogP contribution in [0.4, 0.5) is 0 Å². The predicted molar refractivity (Wildman–Crippen MR) is 70.1 cm³/mol. The SMILES string of the molecule is CCOc1cc(/C(N)=C\CS(=O)[O-])ccc1OC. The molecule has 0 aliphatic rings. The lowest BCUT2D eigenvalue weighted by Gasteiger charge is -2.11. The van der Waals surface area contributed by atoms with Crippen LogP contribution in [-0.2, 0) is 11.1 Å². The quantitative estimate of drug-likeness (QED) is 0.787. The van der Waals surface area contributed by atoms with Crippen molar-refractivity contribution in [3.8, 4) is 11.5 Å². The minimum Gasteiger partial charge on any atom is -0.772 e. The molecular weight excluding hydrogens is 254 g/mol. The van der Waals surface area contributed by atoms with Gasteiger partial charge in [-0.05, 0) is 31.2 Å². The fourth-order valence-corrected chi connectivity index (χ4v) is 1.72. The molecule has 0 aliphatic heterocycles. The third-order valence-electron chi connectivity index (χ3n) is 2.24. The minimum absolute atomic E-state index is 0.109. The van der Waals surface area contributed by atoms with Gasteiger partial charge in [-0.1, -0.05) is 11.1 Å². The third kappa shape index (κ3) is 4.05. The molecule has 6 heteroatoms. The first-order valence-corrected chi connectivity index (χ1v) is 6.65. The van der Waals surface area contributed by atoms with Crippen molar-refractivity contribution in [2.24, 2.45) is 5.73 Å². The number of benzene rings is 1. The van der Waals surface area contributed by atoms with Crippen molar-refractivity contribution >= 4 is 16.8 Å². The van der Waals surface area contributed by atoms with Gasteiger partial charge in [-0.3, -0.25) is 4.21 Å². The molecule has 0 aromatic heterocycles. The van der Waals surface area contributed by atoms with Crippen molar-refractivity contribution in [1.29, 1.82) is 0 Å². The monoisotopic (exact) mass is 270 g/mol. The minimum atomic E-state index is -2.14. The van der Waals surface area contributed by atoms with Crippen LogP contribution in [0.25, 0.3) is 5.70 Å². The summed E-state index contributed by atoms with van der Waals surface area (Å²) in [6, 6.07) is 5.21. The Morgan fingerprint density at radius 3 is 2.78 bits per heavy atom. The van der Waals surface area contributed by atoms with Crippen LogP contribution >= 0.6 is 0 Å². The highest BCUT2D eigenvalue weighted by Crippen LogP contribution is 2.29. The Hall–Kier alpha value is -1.53. The summed E-state index contributed by atoms with van der Waals surface area (Å²) in [6.45, 7) is 2.37. The molecule has 0 bridgehead atoms. The molecule has 0 saturated heterocycles. The second-order valence-electron chi connectivity index (χ2n) is 3.43. The van der Waals surface area contributed by atoms with Gasteiger partial charge < -0.3 is 19.8 Å². The van der Waals surface area contributed by atoms with Gasteiger partial charge in [0.15, 0.2) is 11.5 Å². The van der Waals surface area contributed by atoms with Gasteiger partial charge in [0.1, 0.15) is 0 Å². The van der Waals surface area contributed by atoms with E-state index in [2.05, 4.69) is 0 Å². The first-order chi connectivity index (χ1) is 8.58. The number of hydrogen-bond acceptors (Lipinski definition) is 5. The standard InChI is InChI=1S/C12H17NO4S/c1-3-17-12-8-9(4-5-11(12)16-2)10(13)6-7-18(14)15/h4-6,8H,3,7,13H2,1-2H3,(H,14,15)/p-1/b10-6+. The molecule has 5 nitrogen and oxygen atoms in total. The van der Waals surface area contributed by atoms with Crippen molar-refractivity contribution in [3.05, 3.63) is 29.8 Å². The van der Waals surface area contributed by atoms with Gasteiger partial charge in [0.25, 0.3) is 0 Å². The summed E-state index contributed by atoms with van der Waals surface area (Å²) in [5, 5.41) is 0. The highest BCUT2D eigenvalue weighted by Gasteiger charge is 2.06. The van der Waals surface area contributed by atoms with E-state index in [0.29, 0.717) is 29.4 Å². The van der Waals surface area contributed by atoms with Crippen LogP contribution in [-0.4, -0.2) is 28.2 Å². The van der Waals surface area contributed by atoms with E-state index in [1.54, 1.807) is 25.3 Å². The molecule has 1 aromatic carbocycles. The summed E-state index contributed by atoms with van der Waals surface area (Å²) in [4.78, 5) is 0.